The minimum atomic E-state index is -0.0643. The Kier molecular flexibility index (Phi) is 6.92. The van der Waals surface area contributed by atoms with E-state index in [9.17, 15) is 0 Å². The van der Waals surface area contributed by atoms with Gasteiger partial charge in [-0.05, 0) is 24.1 Å². The molecule has 0 bridgehead atoms. The molecule has 0 saturated carbocycles. The average Bonchev–Trinajstić information content (AvgIpc) is 2.61. The van der Waals surface area contributed by atoms with Gasteiger partial charge >= 0.3 is 0 Å². The van der Waals surface area contributed by atoms with Crippen molar-refractivity contribution < 1.29 is 4.74 Å². The second kappa shape index (κ2) is 8.75. The molecule has 0 fully saturated rings. The molecular formula is C21H28IN3O. The Balaban J connectivity index is 0.00000243. The number of aryl methyl sites for hydroxylation is 1. The van der Waals surface area contributed by atoms with Crippen LogP contribution in [0.2, 0.25) is 0 Å². The second-order valence-electron chi connectivity index (χ2n) is 7.27. The van der Waals surface area contributed by atoms with E-state index in [4.69, 9.17) is 10.5 Å². The molecule has 1 unspecified atom stereocenters. The third kappa shape index (κ3) is 4.69. The molecule has 26 heavy (non-hydrogen) atoms. The highest BCUT2D eigenvalue weighted by molar-refractivity contribution is 14.0. The number of ether oxygens (including phenoxy) is 1. The lowest BCUT2D eigenvalue weighted by molar-refractivity contribution is 0.262. The molecule has 2 aromatic carbocycles. The molecule has 0 aliphatic carbocycles. The van der Waals surface area contributed by atoms with Gasteiger partial charge in [-0.25, -0.2) is 0 Å². The molecule has 1 aliphatic heterocycles. The zero-order chi connectivity index (χ0) is 17.9. The summed E-state index contributed by atoms with van der Waals surface area (Å²) in [4.78, 5) is 4.62. The molecule has 3 rings (SSSR count). The van der Waals surface area contributed by atoms with E-state index in [1.54, 1.807) is 0 Å². The van der Waals surface area contributed by atoms with Crippen molar-refractivity contribution in [2.24, 2.45) is 10.7 Å². The van der Waals surface area contributed by atoms with E-state index in [1.165, 1.54) is 11.1 Å². The topological polar surface area (TPSA) is 59.6 Å². The van der Waals surface area contributed by atoms with Gasteiger partial charge in [-0.15, -0.1) is 24.0 Å². The minimum Gasteiger partial charge on any atom is -0.493 e. The van der Waals surface area contributed by atoms with Gasteiger partial charge in [0.2, 0.25) is 0 Å². The molecule has 3 N–H and O–H groups in total. The van der Waals surface area contributed by atoms with Crippen molar-refractivity contribution in [1.82, 2.24) is 5.32 Å². The maximum Gasteiger partial charge on any atom is 0.189 e. The summed E-state index contributed by atoms with van der Waals surface area (Å²) >= 11 is 0. The fourth-order valence-corrected chi connectivity index (χ4v) is 3.42. The van der Waals surface area contributed by atoms with Gasteiger partial charge < -0.3 is 15.8 Å². The second-order valence-corrected chi connectivity index (χ2v) is 7.27. The lowest BCUT2D eigenvalue weighted by atomic mass is 9.82. The predicted molar refractivity (Wildman–Crippen MR) is 119 cm³/mol. The van der Waals surface area contributed by atoms with Crippen molar-refractivity contribution in [2.75, 3.05) is 13.2 Å². The predicted octanol–water partition coefficient (Wildman–Crippen LogP) is 4.32. The van der Waals surface area contributed by atoms with Gasteiger partial charge in [0, 0.05) is 17.4 Å². The number of nitrogens with one attached hydrogen (secondary N) is 1. The monoisotopic (exact) mass is 465 g/mol. The highest BCUT2D eigenvalue weighted by atomic mass is 127. The van der Waals surface area contributed by atoms with Gasteiger partial charge in [-0.1, -0.05) is 56.3 Å². The van der Waals surface area contributed by atoms with Gasteiger partial charge in [0.15, 0.2) is 5.96 Å². The molecule has 5 heteroatoms. The maximum atomic E-state index is 6.18. The van der Waals surface area contributed by atoms with Crippen LogP contribution in [0.3, 0.4) is 0 Å². The summed E-state index contributed by atoms with van der Waals surface area (Å²) in [6.07, 6.45) is 0.883. The Morgan fingerprint density at radius 1 is 1.19 bits per heavy atom. The number of nitrogens with zero attached hydrogens (tertiary/aromatic N) is 1. The van der Waals surface area contributed by atoms with Crippen LogP contribution in [0.25, 0.3) is 0 Å². The van der Waals surface area contributed by atoms with Crippen LogP contribution in [-0.4, -0.2) is 19.1 Å². The Labute approximate surface area is 173 Å². The first kappa shape index (κ1) is 20.6. The fourth-order valence-electron chi connectivity index (χ4n) is 3.42. The van der Waals surface area contributed by atoms with Crippen LogP contribution in [-0.2, 0) is 5.41 Å². The molecule has 1 aliphatic rings. The number of rotatable bonds is 4. The summed E-state index contributed by atoms with van der Waals surface area (Å²) in [5, 5.41) is 3.36. The normalized spacial score (nSPS) is 16.9. The van der Waals surface area contributed by atoms with Crippen LogP contribution in [0, 0.1) is 6.92 Å². The number of guanidine groups is 1. The van der Waals surface area contributed by atoms with E-state index >= 15 is 0 Å². The summed E-state index contributed by atoms with van der Waals surface area (Å²) in [6, 6.07) is 16.7. The molecule has 0 spiro atoms. The molecule has 4 nitrogen and oxygen atoms in total. The Morgan fingerprint density at radius 3 is 2.65 bits per heavy atom. The van der Waals surface area contributed by atoms with Crippen molar-refractivity contribution in [3.63, 3.8) is 0 Å². The first-order valence-electron chi connectivity index (χ1n) is 8.82. The summed E-state index contributed by atoms with van der Waals surface area (Å²) in [5.74, 6) is 1.42. The van der Waals surface area contributed by atoms with Crippen LogP contribution in [0.4, 0.5) is 0 Å². The highest BCUT2D eigenvalue weighted by Crippen LogP contribution is 2.31. The van der Waals surface area contributed by atoms with Gasteiger partial charge in [0.1, 0.15) is 5.75 Å². The first-order chi connectivity index (χ1) is 12.0. The third-order valence-electron chi connectivity index (χ3n) is 4.80. The number of aliphatic imine (C=N–C) groups is 1. The van der Waals surface area contributed by atoms with Gasteiger partial charge in [0.05, 0.1) is 19.2 Å². The molecule has 1 heterocycles. The van der Waals surface area contributed by atoms with Crippen LogP contribution in [0.15, 0.2) is 53.5 Å². The lowest BCUT2D eigenvalue weighted by Crippen LogP contribution is -2.38. The SMILES string of the molecule is Cc1ccccc1C(C)(C)CN=C(N)NC1CCOc2ccccc21.I. The van der Waals surface area contributed by atoms with Crippen LogP contribution in [0.1, 0.15) is 43.0 Å². The molecule has 0 amide bonds. The minimum absolute atomic E-state index is 0. The molecule has 0 radical (unpaired) electrons. The van der Waals surface area contributed by atoms with Crippen LogP contribution in [0.5, 0.6) is 5.75 Å². The number of hydrogen-bond donors (Lipinski definition) is 2. The lowest BCUT2D eigenvalue weighted by Gasteiger charge is -2.28. The largest absolute Gasteiger partial charge is 0.493 e. The molecule has 0 saturated heterocycles. The maximum absolute atomic E-state index is 6.18. The number of nitrogens with two attached hydrogens (primary N) is 1. The summed E-state index contributed by atoms with van der Waals surface area (Å²) < 4.78 is 5.70. The van der Waals surface area contributed by atoms with E-state index in [2.05, 4.69) is 61.4 Å². The quantitative estimate of drug-likeness (QED) is 0.402. The van der Waals surface area contributed by atoms with E-state index in [-0.39, 0.29) is 35.4 Å². The fraction of sp³-hybridized carbons (Fsp3) is 0.381. The molecule has 140 valence electrons. The summed E-state index contributed by atoms with van der Waals surface area (Å²) in [6.45, 7) is 7.88. The first-order valence-corrected chi connectivity index (χ1v) is 8.82. The van der Waals surface area contributed by atoms with E-state index in [0.717, 1.165) is 17.7 Å². The number of halogens is 1. The number of hydrogen-bond acceptors (Lipinski definition) is 2. The number of fused-ring (bicyclic) bond motifs is 1. The molecule has 2 aromatic rings. The van der Waals surface area contributed by atoms with Crippen molar-refractivity contribution in [1.29, 1.82) is 0 Å². The third-order valence-corrected chi connectivity index (χ3v) is 4.80. The smallest absolute Gasteiger partial charge is 0.189 e. The van der Waals surface area contributed by atoms with Crippen molar-refractivity contribution in [3.05, 3.63) is 65.2 Å². The molecular weight excluding hydrogens is 437 g/mol. The zero-order valence-electron chi connectivity index (χ0n) is 15.7. The Hall–Kier alpha value is -1.76. The highest BCUT2D eigenvalue weighted by Gasteiger charge is 2.23. The van der Waals surface area contributed by atoms with Gasteiger partial charge in [-0.2, -0.15) is 0 Å². The Bertz CT molecular complexity index is 773. The van der Waals surface area contributed by atoms with Gasteiger partial charge in [0.25, 0.3) is 0 Å². The van der Waals surface area contributed by atoms with Crippen molar-refractivity contribution >= 4 is 29.9 Å². The molecule has 1 atom stereocenters. The number of benzene rings is 2. The average molecular weight is 465 g/mol. The van der Waals surface area contributed by atoms with Crippen molar-refractivity contribution in [3.8, 4) is 5.75 Å². The van der Waals surface area contributed by atoms with E-state index in [1.807, 2.05) is 18.2 Å². The number of para-hydroxylation sites is 1. The zero-order valence-corrected chi connectivity index (χ0v) is 18.0. The van der Waals surface area contributed by atoms with Crippen LogP contribution >= 0.6 is 24.0 Å². The van der Waals surface area contributed by atoms with Crippen LogP contribution < -0.4 is 15.8 Å². The molecule has 0 aromatic heterocycles. The van der Waals surface area contributed by atoms with E-state index < -0.39 is 0 Å². The Morgan fingerprint density at radius 2 is 1.88 bits per heavy atom. The summed E-state index contributed by atoms with van der Waals surface area (Å²) in [7, 11) is 0. The van der Waals surface area contributed by atoms with Crippen molar-refractivity contribution in [2.45, 2.75) is 38.6 Å². The van der Waals surface area contributed by atoms with Gasteiger partial charge in [-0.3, -0.25) is 4.99 Å². The van der Waals surface area contributed by atoms with E-state index in [0.29, 0.717) is 19.1 Å². The summed E-state index contributed by atoms with van der Waals surface area (Å²) in [5.41, 5.74) is 9.86. The standard InChI is InChI=1S/C21H27N3O.HI/c1-15-8-4-6-10-17(15)21(2,3)14-23-20(22)24-18-12-13-25-19-11-7-5-9-16(18)19;/h4-11,18H,12-14H2,1-3H3,(H3,22,23,24);1H.